The van der Waals surface area contributed by atoms with E-state index in [-0.39, 0.29) is 5.91 Å². The second-order valence-electron chi connectivity index (χ2n) is 8.40. The third-order valence-electron chi connectivity index (χ3n) is 6.06. The lowest BCUT2D eigenvalue weighted by Crippen LogP contribution is -2.27. The molecule has 5 nitrogen and oxygen atoms in total. The minimum atomic E-state index is 0.134. The summed E-state index contributed by atoms with van der Waals surface area (Å²) in [6.45, 7) is 4.86. The molecule has 0 radical (unpaired) electrons. The normalized spacial score (nSPS) is 13.6. The summed E-state index contributed by atoms with van der Waals surface area (Å²) in [5.74, 6) is 1.84. The molecule has 0 unspecified atom stereocenters. The number of hydrogen-bond donors (Lipinski definition) is 0. The third-order valence-corrected chi connectivity index (χ3v) is 6.06. The maximum Gasteiger partial charge on any atom is 0.253 e. The van der Waals surface area contributed by atoms with Crippen molar-refractivity contribution in [2.24, 2.45) is 0 Å². The van der Waals surface area contributed by atoms with Crippen molar-refractivity contribution in [1.82, 2.24) is 14.5 Å². The lowest BCUT2D eigenvalue weighted by atomic mass is 10.1. The average molecular weight is 426 g/mol. The molecule has 2 heterocycles. The van der Waals surface area contributed by atoms with Crippen LogP contribution in [0, 0.1) is 6.92 Å². The van der Waals surface area contributed by atoms with Gasteiger partial charge in [0.15, 0.2) is 0 Å². The Balaban J connectivity index is 1.37. The molecule has 1 aliphatic rings. The van der Waals surface area contributed by atoms with E-state index in [2.05, 4.69) is 17.6 Å². The van der Waals surface area contributed by atoms with Crippen molar-refractivity contribution in [2.75, 3.05) is 13.1 Å². The van der Waals surface area contributed by atoms with Gasteiger partial charge in [-0.25, -0.2) is 4.98 Å². The van der Waals surface area contributed by atoms with Gasteiger partial charge in [0.25, 0.3) is 5.91 Å². The highest BCUT2D eigenvalue weighted by molar-refractivity contribution is 5.94. The molecule has 0 atom stereocenters. The number of carbonyl (C=O) groups excluding carboxylic acids is 1. The van der Waals surface area contributed by atoms with Gasteiger partial charge in [-0.05, 0) is 61.7 Å². The maximum absolute atomic E-state index is 12.6. The molecule has 1 saturated heterocycles. The Bertz CT molecular complexity index is 1220. The summed E-state index contributed by atoms with van der Waals surface area (Å²) in [5.41, 5.74) is 5.12. The van der Waals surface area contributed by atoms with Crippen LogP contribution in [0.4, 0.5) is 0 Å². The molecule has 4 aromatic rings. The number of fused-ring (bicyclic) bond motifs is 1. The van der Waals surface area contributed by atoms with E-state index in [4.69, 9.17) is 9.72 Å². The number of ether oxygens (including phenoxy) is 1. The Hall–Kier alpha value is -3.60. The summed E-state index contributed by atoms with van der Waals surface area (Å²) in [6.07, 6.45) is 2.20. The molecule has 0 N–H and O–H groups in total. The van der Waals surface area contributed by atoms with Gasteiger partial charge >= 0.3 is 0 Å². The number of aryl methyl sites for hydroxylation is 1. The number of rotatable bonds is 6. The highest BCUT2D eigenvalue weighted by atomic mass is 16.5. The van der Waals surface area contributed by atoms with Gasteiger partial charge in [0.2, 0.25) is 0 Å². The Kier molecular flexibility index (Phi) is 5.63. The topological polar surface area (TPSA) is 47.4 Å². The van der Waals surface area contributed by atoms with Crippen LogP contribution in [0.25, 0.3) is 11.0 Å². The highest BCUT2D eigenvalue weighted by Gasteiger charge is 2.19. The van der Waals surface area contributed by atoms with Crippen LogP contribution < -0.4 is 4.74 Å². The molecule has 3 aromatic carbocycles. The summed E-state index contributed by atoms with van der Waals surface area (Å²) >= 11 is 0. The van der Waals surface area contributed by atoms with E-state index in [0.29, 0.717) is 13.2 Å². The molecule has 1 aromatic heterocycles. The van der Waals surface area contributed by atoms with Gasteiger partial charge in [0.1, 0.15) is 18.2 Å². The van der Waals surface area contributed by atoms with Gasteiger partial charge in [-0.2, -0.15) is 0 Å². The number of likely N-dealkylation sites (tertiary alicyclic amines) is 1. The predicted molar refractivity (Wildman–Crippen MR) is 126 cm³/mol. The van der Waals surface area contributed by atoms with Crippen LogP contribution in [0.15, 0.2) is 72.8 Å². The Morgan fingerprint density at radius 1 is 0.938 bits per heavy atom. The molecular formula is C27H27N3O2. The number of para-hydroxylation sites is 2. The van der Waals surface area contributed by atoms with Crippen LogP contribution in [0.3, 0.4) is 0 Å². The summed E-state index contributed by atoms with van der Waals surface area (Å²) in [7, 11) is 0. The quantitative estimate of drug-likeness (QED) is 0.426. The Labute approximate surface area is 188 Å². The zero-order valence-corrected chi connectivity index (χ0v) is 18.3. The molecule has 1 aliphatic heterocycles. The number of nitrogens with zero attached hydrogens (tertiary/aromatic N) is 3. The molecule has 5 rings (SSSR count). The monoisotopic (exact) mass is 425 g/mol. The van der Waals surface area contributed by atoms with Crippen LogP contribution >= 0.6 is 0 Å². The average Bonchev–Trinajstić information content (AvgIpc) is 3.48. The molecule has 162 valence electrons. The van der Waals surface area contributed by atoms with Gasteiger partial charge in [-0.3, -0.25) is 4.79 Å². The molecule has 32 heavy (non-hydrogen) atoms. The van der Waals surface area contributed by atoms with Crippen LogP contribution in [-0.2, 0) is 13.2 Å². The van der Waals surface area contributed by atoms with E-state index in [1.807, 2.05) is 71.6 Å². The van der Waals surface area contributed by atoms with E-state index in [1.165, 1.54) is 5.56 Å². The second kappa shape index (κ2) is 8.87. The largest absolute Gasteiger partial charge is 0.486 e. The smallest absolute Gasteiger partial charge is 0.253 e. The van der Waals surface area contributed by atoms with Crippen molar-refractivity contribution in [2.45, 2.75) is 32.9 Å². The van der Waals surface area contributed by atoms with Gasteiger partial charge in [0.05, 0.1) is 11.0 Å². The van der Waals surface area contributed by atoms with E-state index in [1.54, 1.807) is 0 Å². The van der Waals surface area contributed by atoms with Crippen molar-refractivity contribution in [3.8, 4) is 5.75 Å². The lowest BCUT2D eigenvalue weighted by molar-refractivity contribution is 0.0793. The number of carbonyl (C=O) groups is 1. The van der Waals surface area contributed by atoms with Crippen LogP contribution in [0.1, 0.15) is 40.2 Å². The first-order valence-electron chi connectivity index (χ1n) is 11.2. The summed E-state index contributed by atoms with van der Waals surface area (Å²) in [4.78, 5) is 19.4. The van der Waals surface area contributed by atoms with E-state index in [0.717, 1.165) is 59.7 Å². The standard InChI is InChI=1S/C27H27N3O2/c1-20-8-14-23(15-9-20)32-19-26-28-24-6-2-3-7-25(24)30(26)18-21-10-12-22(13-11-21)27(31)29-16-4-5-17-29/h2-3,6-15H,4-5,16-19H2,1H3. The number of imidazole rings is 1. The molecule has 1 fully saturated rings. The molecule has 0 saturated carbocycles. The van der Waals surface area contributed by atoms with Crippen molar-refractivity contribution in [3.05, 3.63) is 95.3 Å². The predicted octanol–water partition coefficient (Wildman–Crippen LogP) is 5.21. The lowest BCUT2D eigenvalue weighted by Gasteiger charge is -2.15. The Morgan fingerprint density at radius 3 is 2.41 bits per heavy atom. The molecule has 0 bridgehead atoms. The van der Waals surface area contributed by atoms with Crippen molar-refractivity contribution >= 4 is 16.9 Å². The summed E-state index contributed by atoms with van der Waals surface area (Å²) < 4.78 is 8.22. The number of aromatic nitrogens is 2. The molecule has 0 spiro atoms. The first-order chi connectivity index (χ1) is 15.7. The molecule has 1 amide bonds. The first-order valence-corrected chi connectivity index (χ1v) is 11.2. The number of amides is 1. The fourth-order valence-corrected chi connectivity index (χ4v) is 4.23. The van der Waals surface area contributed by atoms with Gasteiger partial charge in [-0.1, -0.05) is 42.0 Å². The van der Waals surface area contributed by atoms with Crippen LogP contribution in [-0.4, -0.2) is 33.4 Å². The zero-order chi connectivity index (χ0) is 21.9. The minimum absolute atomic E-state index is 0.134. The minimum Gasteiger partial charge on any atom is -0.486 e. The third kappa shape index (κ3) is 4.24. The van der Waals surface area contributed by atoms with Gasteiger partial charge in [0, 0.05) is 25.2 Å². The second-order valence-corrected chi connectivity index (χ2v) is 8.40. The number of benzene rings is 3. The Morgan fingerprint density at radius 2 is 1.66 bits per heavy atom. The van der Waals surface area contributed by atoms with Crippen molar-refractivity contribution in [1.29, 1.82) is 0 Å². The number of hydrogen-bond acceptors (Lipinski definition) is 3. The summed E-state index contributed by atoms with van der Waals surface area (Å²) in [6, 6.07) is 24.2. The van der Waals surface area contributed by atoms with E-state index >= 15 is 0 Å². The maximum atomic E-state index is 12.6. The fraction of sp³-hybridized carbons (Fsp3) is 0.259. The molecule has 0 aliphatic carbocycles. The fourth-order valence-electron chi connectivity index (χ4n) is 4.23. The summed E-state index contributed by atoms with van der Waals surface area (Å²) in [5, 5.41) is 0. The molecule has 5 heteroatoms. The van der Waals surface area contributed by atoms with E-state index in [9.17, 15) is 4.79 Å². The van der Waals surface area contributed by atoms with Crippen molar-refractivity contribution in [3.63, 3.8) is 0 Å². The van der Waals surface area contributed by atoms with Crippen LogP contribution in [0.2, 0.25) is 0 Å². The SMILES string of the molecule is Cc1ccc(OCc2nc3ccccc3n2Cc2ccc(C(=O)N3CCCC3)cc2)cc1. The zero-order valence-electron chi connectivity index (χ0n) is 18.3. The van der Waals surface area contributed by atoms with Gasteiger partial charge in [-0.15, -0.1) is 0 Å². The first kappa shape index (κ1) is 20.3. The van der Waals surface area contributed by atoms with Gasteiger partial charge < -0.3 is 14.2 Å². The van der Waals surface area contributed by atoms with Crippen LogP contribution in [0.5, 0.6) is 5.75 Å². The van der Waals surface area contributed by atoms with Crippen molar-refractivity contribution < 1.29 is 9.53 Å². The highest BCUT2D eigenvalue weighted by Crippen LogP contribution is 2.21. The van der Waals surface area contributed by atoms with E-state index < -0.39 is 0 Å². The molecular weight excluding hydrogens is 398 g/mol.